The standard InChI is InChI=1S/C11H20N2S2/c1-2-3-4-5-6-7-8-13-15-11-12-9-10-14-11/h9-10,13H,2-8H2,1H3. The number of hydrogen-bond donors (Lipinski definition) is 1. The molecule has 0 bridgehead atoms. The van der Waals surface area contributed by atoms with Crippen molar-refractivity contribution < 1.29 is 0 Å². The van der Waals surface area contributed by atoms with Gasteiger partial charge in [-0.15, -0.1) is 11.3 Å². The molecule has 0 aliphatic heterocycles. The molecule has 15 heavy (non-hydrogen) atoms. The van der Waals surface area contributed by atoms with Crippen molar-refractivity contribution in [2.45, 2.75) is 49.8 Å². The van der Waals surface area contributed by atoms with Gasteiger partial charge in [-0.2, -0.15) is 0 Å². The zero-order valence-electron chi connectivity index (χ0n) is 9.37. The van der Waals surface area contributed by atoms with Crippen molar-refractivity contribution in [3.8, 4) is 0 Å². The third-order valence-electron chi connectivity index (χ3n) is 2.20. The molecule has 1 N–H and O–H groups in total. The second-order valence-electron chi connectivity index (χ2n) is 3.56. The quantitative estimate of drug-likeness (QED) is 0.523. The summed E-state index contributed by atoms with van der Waals surface area (Å²) in [6.45, 7) is 3.35. The van der Waals surface area contributed by atoms with E-state index >= 15 is 0 Å². The van der Waals surface area contributed by atoms with Crippen molar-refractivity contribution in [3.05, 3.63) is 11.6 Å². The Labute approximate surface area is 101 Å². The van der Waals surface area contributed by atoms with Crippen LogP contribution in [0, 0.1) is 0 Å². The van der Waals surface area contributed by atoms with Crippen LogP contribution in [-0.4, -0.2) is 11.5 Å². The number of nitrogens with zero attached hydrogens (tertiary/aromatic N) is 1. The van der Waals surface area contributed by atoms with Gasteiger partial charge < -0.3 is 0 Å². The third kappa shape index (κ3) is 6.93. The number of rotatable bonds is 9. The van der Waals surface area contributed by atoms with E-state index in [0.717, 1.165) is 10.9 Å². The van der Waals surface area contributed by atoms with Crippen LogP contribution in [0.1, 0.15) is 45.4 Å². The number of aromatic nitrogens is 1. The smallest absolute Gasteiger partial charge is 0.164 e. The summed E-state index contributed by atoms with van der Waals surface area (Å²) in [7, 11) is 0. The predicted octanol–water partition coefficient (Wildman–Crippen LogP) is 4.10. The molecule has 0 spiro atoms. The highest BCUT2D eigenvalue weighted by Gasteiger charge is 1.95. The number of unbranched alkanes of at least 4 members (excludes halogenated alkanes) is 5. The van der Waals surface area contributed by atoms with Gasteiger partial charge in [-0.1, -0.05) is 39.0 Å². The monoisotopic (exact) mass is 244 g/mol. The fourth-order valence-electron chi connectivity index (χ4n) is 1.35. The number of nitrogens with one attached hydrogen (secondary N) is 1. The first kappa shape index (κ1) is 13.0. The lowest BCUT2D eigenvalue weighted by Crippen LogP contribution is -2.04. The minimum Gasteiger partial charge on any atom is -0.258 e. The Hall–Kier alpha value is -0.0600. The van der Waals surface area contributed by atoms with Gasteiger partial charge >= 0.3 is 0 Å². The Morgan fingerprint density at radius 2 is 2.07 bits per heavy atom. The first-order valence-electron chi connectivity index (χ1n) is 5.72. The van der Waals surface area contributed by atoms with E-state index in [2.05, 4.69) is 16.6 Å². The normalized spacial score (nSPS) is 10.7. The Balaban J connectivity index is 1.81. The maximum Gasteiger partial charge on any atom is 0.164 e. The molecular weight excluding hydrogens is 224 g/mol. The molecule has 0 aliphatic carbocycles. The minimum atomic E-state index is 1.09. The van der Waals surface area contributed by atoms with Crippen LogP contribution in [0.5, 0.6) is 0 Å². The van der Waals surface area contributed by atoms with Crippen LogP contribution in [0.4, 0.5) is 0 Å². The minimum absolute atomic E-state index is 1.09. The summed E-state index contributed by atoms with van der Waals surface area (Å²) in [5.41, 5.74) is 0. The van der Waals surface area contributed by atoms with E-state index in [4.69, 9.17) is 0 Å². The average molecular weight is 244 g/mol. The summed E-state index contributed by atoms with van der Waals surface area (Å²) in [5, 5.41) is 2.01. The molecule has 86 valence electrons. The third-order valence-corrected chi connectivity index (χ3v) is 3.93. The van der Waals surface area contributed by atoms with Crippen molar-refractivity contribution in [1.82, 2.24) is 9.71 Å². The molecule has 0 radical (unpaired) electrons. The molecule has 0 aliphatic rings. The molecule has 2 nitrogen and oxygen atoms in total. The van der Waals surface area contributed by atoms with Crippen LogP contribution in [0.2, 0.25) is 0 Å². The van der Waals surface area contributed by atoms with Gasteiger partial charge in [0.05, 0.1) is 0 Å². The molecule has 0 aromatic carbocycles. The Morgan fingerprint density at radius 3 is 2.80 bits per heavy atom. The topological polar surface area (TPSA) is 24.9 Å². The largest absolute Gasteiger partial charge is 0.258 e. The second-order valence-corrected chi connectivity index (χ2v) is 5.59. The molecule has 0 unspecified atom stereocenters. The average Bonchev–Trinajstić information content (AvgIpc) is 2.75. The van der Waals surface area contributed by atoms with Crippen LogP contribution in [0.15, 0.2) is 15.9 Å². The zero-order valence-corrected chi connectivity index (χ0v) is 11.0. The molecule has 0 saturated carbocycles. The highest BCUT2D eigenvalue weighted by atomic mass is 32.2. The van der Waals surface area contributed by atoms with Crippen molar-refractivity contribution in [2.24, 2.45) is 0 Å². The Kier molecular flexibility index (Phi) is 7.97. The lowest BCUT2D eigenvalue weighted by atomic mass is 10.1. The van der Waals surface area contributed by atoms with Crippen LogP contribution in [0.25, 0.3) is 0 Å². The molecule has 1 heterocycles. The lowest BCUT2D eigenvalue weighted by Gasteiger charge is -2.01. The summed E-state index contributed by atoms with van der Waals surface area (Å²) in [4.78, 5) is 4.19. The zero-order chi connectivity index (χ0) is 10.8. The molecule has 0 saturated heterocycles. The van der Waals surface area contributed by atoms with Gasteiger partial charge in [0.2, 0.25) is 0 Å². The summed E-state index contributed by atoms with van der Waals surface area (Å²) in [5.74, 6) is 0. The summed E-state index contributed by atoms with van der Waals surface area (Å²) < 4.78 is 4.46. The fourth-order valence-corrected chi connectivity index (χ4v) is 2.73. The first-order chi connectivity index (χ1) is 7.43. The highest BCUT2D eigenvalue weighted by molar-refractivity contribution is 7.99. The molecule has 0 fully saturated rings. The molecular formula is C11H20N2S2. The predicted molar refractivity (Wildman–Crippen MR) is 69.3 cm³/mol. The Bertz CT molecular complexity index is 225. The summed E-state index contributed by atoms with van der Waals surface area (Å²) >= 11 is 3.34. The Morgan fingerprint density at radius 1 is 1.27 bits per heavy atom. The van der Waals surface area contributed by atoms with E-state index in [9.17, 15) is 0 Å². The molecule has 1 aromatic rings. The van der Waals surface area contributed by atoms with Crippen molar-refractivity contribution in [2.75, 3.05) is 6.54 Å². The summed E-state index contributed by atoms with van der Waals surface area (Å²) in [6, 6.07) is 0. The maximum atomic E-state index is 4.19. The van der Waals surface area contributed by atoms with Gasteiger partial charge in [0, 0.05) is 18.1 Å². The molecule has 1 rings (SSSR count). The van der Waals surface area contributed by atoms with Gasteiger partial charge in [-0.25, -0.2) is 4.98 Å². The van der Waals surface area contributed by atoms with Gasteiger partial charge in [0.15, 0.2) is 4.34 Å². The number of hydrogen-bond acceptors (Lipinski definition) is 4. The van der Waals surface area contributed by atoms with E-state index in [1.807, 2.05) is 11.6 Å². The molecule has 4 heteroatoms. The lowest BCUT2D eigenvalue weighted by molar-refractivity contribution is 0.606. The fraction of sp³-hybridized carbons (Fsp3) is 0.727. The van der Waals surface area contributed by atoms with E-state index in [-0.39, 0.29) is 0 Å². The second kappa shape index (κ2) is 9.19. The van der Waals surface area contributed by atoms with E-state index in [0.29, 0.717) is 0 Å². The van der Waals surface area contributed by atoms with Crippen LogP contribution in [0.3, 0.4) is 0 Å². The molecule has 0 atom stereocenters. The highest BCUT2D eigenvalue weighted by Crippen LogP contribution is 2.16. The van der Waals surface area contributed by atoms with Gasteiger partial charge in [-0.3, -0.25) is 4.72 Å². The first-order valence-corrected chi connectivity index (χ1v) is 7.42. The van der Waals surface area contributed by atoms with E-state index in [1.54, 1.807) is 23.3 Å². The van der Waals surface area contributed by atoms with Gasteiger partial charge in [0.1, 0.15) is 0 Å². The van der Waals surface area contributed by atoms with Gasteiger partial charge in [0.25, 0.3) is 0 Å². The molecule has 1 aromatic heterocycles. The van der Waals surface area contributed by atoms with E-state index < -0.39 is 0 Å². The maximum absolute atomic E-state index is 4.19. The van der Waals surface area contributed by atoms with Crippen molar-refractivity contribution >= 4 is 23.3 Å². The van der Waals surface area contributed by atoms with Gasteiger partial charge in [-0.05, 0) is 18.4 Å². The van der Waals surface area contributed by atoms with Crippen molar-refractivity contribution in [1.29, 1.82) is 0 Å². The molecule has 0 amide bonds. The SMILES string of the molecule is CCCCCCCCNSc1nccs1. The van der Waals surface area contributed by atoms with E-state index in [1.165, 1.54) is 38.5 Å². The van der Waals surface area contributed by atoms with Crippen LogP contribution in [-0.2, 0) is 0 Å². The van der Waals surface area contributed by atoms with Crippen LogP contribution < -0.4 is 4.72 Å². The summed E-state index contributed by atoms with van der Waals surface area (Å²) in [6.07, 6.45) is 9.99. The number of thiazole rings is 1. The van der Waals surface area contributed by atoms with Crippen molar-refractivity contribution in [3.63, 3.8) is 0 Å². The van der Waals surface area contributed by atoms with Crippen LogP contribution >= 0.6 is 23.3 Å².